The van der Waals surface area contributed by atoms with Gasteiger partial charge in [-0.2, -0.15) is 0 Å². The van der Waals surface area contributed by atoms with Crippen LogP contribution in [0.2, 0.25) is 0 Å². The molecule has 0 aliphatic heterocycles. The third-order valence-corrected chi connectivity index (χ3v) is 3.93. The standard InChI is InChI=1S/C18H27N3O4/c1-7-10-21(18(24)19-8-2)13(6)16(22)14-11(4)15(20-12(14)5)17(23)25-9-3/h7,13,20H,1,8-10H2,2-6H3,(H,19,24). The summed E-state index contributed by atoms with van der Waals surface area (Å²) in [4.78, 5) is 41.5. The van der Waals surface area contributed by atoms with Gasteiger partial charge in [-0.1, -0.05) is 6.08 Å². The van der Waals surface area contributed by atoms with Crippen LogP contribution in [0.25, 0.3) is 0 Å². The van der Waals surface area contributed by atoms with E-state index in [-0.39, 0.29) is 30.7 Å². The normalized spacial score (nSPS) is 11.6. The number of aryl methyl sites for hydroxylation is 1. The number of aromatic amines is 1. The molecule has 0 aliphatic carbocycles. The van der Waals surface area contributed by atoms with Crippen LogP contribution in [0.5, 0.6) is 0 Å². The second-order valence-corrected chi connectivity index (χ2v) is 5.66. The van der Waals surface area contributed by atoms with Crippen LogP contribution in [-0.4, -0.2) is 53.4 Å². The number of nitrogens with zero attached hydrogens (tertiary/aromatic N) is 1. The van der Waals surface area contributed by atoms with Crippen LogP contribution < -0.4 is 5.32 Å². The van der Waals surface area contributed by atoms with Crippen LogP contribution >= 0.6 is 0 Å². The van der Waals surface area contributed by atoms with Gasteiger partial charge in [0.05, 0.1) is 12.6 Å². The summed E-state index contributed by atoms with van der Waals surface area (Å²) in [7, 11) is 0. The van der Waals surface area contributed by atoms with Crippen molar-refractivity contribution < 1.29 is 19.1 Å². The summed E-state index contributed by atoms with van der Waals surface area (Å²) < 4.78 is 5.00. The van der Waals surface area contributed by atoms with Gasteiger partial charge < -0.3 is 19.9 Å². The average molecular weight is 349 g/mol. The summed E-state index contributed by atoms with van der Waals surface area (Å²) in [6.45, 7) is 13.2. The molecule has 7 nitrogen and oxygen atoms in total. The van der Waals surface area contributed by atoms with Gasteiger partial charge in [0.15, 0.2) is 5.78 Å². The highest BCUT2D eigenvalue weighted by molar-refractivity contribution is 6.06. The lowest BCUT2D eigenvalue weighted by Gasteiger charge is -2.27. The van der Waals surface area contributed by atoms with E-state index >= 15 is 0 Å². The molecule has 138 valence electrons. The Hall–Kier alpha value is -2.57. The Morgan fingerprint density at radius 1 is 1.32 bits per heavy atom. The molecule has 0 aromatic carbocycles. The minimum atomic E-state index is -0.701. The van der Waals surface area contributed by atoms with Gasteiger partial charge in [0.2, 0.25) is 0 Å². The molecule has 25 heavy (non-hydrogen) atoms. The average Bonchev–Trinajstić information content (AvgIpc) is 2.86. The van der Waals surface area contributed by atoms with Gasteiger partial charge in [-0.15, -0.1) is 6.58 Å². The molecule has 0 bridgehead atoms. The number of H-pyrrole nitrogens is 1. The number of hydrogen-bond donors (Lipinski definition) is 2. The summed E-state index contributed by atoms with van der Waals surface area (Å²) in [5, 5.41) is 2.69. The van der Waals surface area contributed by atoms with Crippen LogP contribution in [0, 0.1) is 13.8 Å². The molecular weight excluding hydrogens is 322 g/mol. The van der Waals surface area contributed by atoms with Crippen molar-refractivity contribution in [1.82, 2.24) is 15.2 Å². The lowest BCUT2D eigenvalue weighted by atomic mass is 10.00. The summed E-state index contributed by atoms with van der Waals surface area (Å²) in [6, 6.07) is -1.03. The first-order valence-corrected chi connectivity index (χ1v) is 8.35. The van der Waals surface area contributed by atoms with Crippen molar-refractivity contribution in [3.8, 4) is 0 Å². The van der Waals surface area contributed by atoms with Gasteiger partial charge in [-0.05, 0) is 40.2 Å². The molecule has 0 radical (unpaired) electrons. The molecule has 1 heterocycles. The fraction of sp³-hybridized carbons (Fsp3) is 0.500. The molecule has 0 saturated carbocycles. The van der Waals surface area contributed by atoms with Crippen molar-refractivity contribution in [3.05, 3.63) is 35.2 Å². The molecule has 2 N–H and O–H groups in total. The molecule has 0 spiro atoms. The van der Waals surface area contributed by atoms with E-state index in [9.17, 15) is 14.4 Å². The van der Waals surface area contributed by atoms with E-state index in [4.69, 9.17) is 4.74 Å². The Morgan fingerprint density at radius 2 is 1.96 bits per heavy atom. The van der Waals surface area contributed by atoms with E-state index in [0.29, 0.717) is 23.4 Å². The van der Waals surface area contributed by atoms with E-state index in [1.165, 1.54) is 4.90 Å². The number of esters is 1. The number of ether oxygens (including phenoxy) is 1. The van der Waals surface area contributed by atoms with Crippen LogP contribution in [-0.2, 0) is 4.74 Å². The van der Waals surface area contributed by atoms with E-state index in [0.717, 1.165) is 0 Å². The topological polar surface area (TPSA) is 91.5 Å². The minimum Gasteiger partial charge on any atom is -0.461 e. The molecule has 0 saturated heterocycles. The second-order valence-electron chi connectivity index (χ2n) is 5.66. The van der Waals surface area contributed by atoms with Gasteiger partial charge in [0, 0.05) is 24.3 Å². The number of ketones is 1. The number of Topliss-reactive ketones (excluding diaryl/α,β-unsaturated/α-hetero) is 1. The second kappa shape index (κ2) is 9.05. The molecular formula is C18H27N3O4. The number of rotatable bonds is 8. The first-order valence-electron chi connectivity index (χ1n) is 8.35. The Morgan fingerprint density at radius 3 is 2.48 bits per heavy atom. The predicted molar refractivity (Wildman–Crippen MR) is 96.0 cm³/mol. The first kappa shape index (κ1) is 20.5. The van der Waals surface area contributed by atoms with Crippen molar-refractivity contribution in [2.75, 3.05) is 19.7 Å². The number of carbonyl (C=O) groups is 3. The van der Waals surface area contributed by atoms with Gasteiger partial charge in [0.25, 0.3) is 0 Å². The zero-order valence-corrected chi connectivity index (χ0v) is 15.6. The van der Waals surface area contributed by atoms with E-state index in [2.05, 4.69) is 16.9 Å². The summed E-state index contributed by atoms with van der Waals surface area (Å²) in [5.41, 5.74) is 1.78. The fourth-order valence-corrected chi connectivity index (χ4v) is 2.69. The van der Waals surface area contributed by atoms with Crippen LogP contribution in [0.15, 0.2) is 12.7 Å². The predicted octanol–water partition coefficient (Wildman–Crippen LogP) is 2.60. The van der Waals surface area contributed by atoms with E-state index in [1.54, 1.807) is 33.8 Å². The largest absolute Gasteiger partial charge is 0.461 e. The zero-order valence-electron chi connectivity index (χ0n) is 15.6. The lowest BCUT2D eigenvalue weighted by Crippen LogP contribution is -2.48. The molecule has 0 aliphatic rings. The van der Waals surface area contributed by atoms with Crippen molar-refractivity contribution in [2.45, 2.75) is 40.7 Å². The Balaban J connectivity index is 3.18. The van der Waals surface area contributed by atoms with E-state index < -0.39 is 12.0 Å². The summed E-state index contributed by atoms with van der Waals surface area (Å²) >= 11 is 0. The molecule has 1 aromatic rings. The molecule has 2 amide bonds. The minimum absolute atomic E-state index is 0.241. The Kier molecular flexibility index (Phi) is 7.42. The number of nitrogens with one attached hydrogen (secondary N) is 2. The summed E-state index contributed by atoms with van der Waals surface area (Å²) in [5.74, 6) is -0.739. The highest BCUT2D eigenvalue weighted by Gasteiger charge is 2.30. The monoisotopic (exact) mass is 349 g/mol. The molecule has 1 rings (SSSR count). The van der Waals surface area contributed by atoms with E-state index in [1.807, 2.05) is 6.92 Å². The highest BCUT2D eigenvalue weighted by Crippen LogP contribution is 2.22. The van der Waals surface area contributed by atoms with Crippen molar-refractivity contribution in [1.29, 1.82) is 0 Å². The van der Waals surface area contributed by atoms with Crippen molar-refractivity contribution in [2.24, 2.45) is 0 Å². The number of urea groups is 1. The van der Waals surface area contributed by atoms with Gasteiger partial charge in [0.1, 0.15) is 5.69 Å². The van der Waals surface area contributed by atoms with Gasteiger partial charge >= 0.3 is 12.0 Å². The van der Waals surface area contributed by atoms with Crippen LogP contribution in [0.3, 0.4) is 0 Å². The fourth-order valence-electron chi connectivity index (χ4n) is 2.69. The highest BCUT2D eigenvalue weighted by atomic mass is 16.5. The number of carbonyl (C=O) groups excluding carboxylic acids is 3. The molecule has 7 heteroatoms. The first-order chi connectivity index (χ1) is 11.8. The maximum atomic E-state index is 13.0. The number of aromatic nitrogens is 1. The maximum Gasteiger partial charge on any atom is 0.355 e. The summed E-state index contributed by atoms with van der Waals surface area (Å²) in [6.07, 6.45) is 1.57. The SMILES string of the molecule is C=CCN(C(=O)NCC)C(C)C(=O)c1c(C)[nH]c(C(=O)OCC)c1C. The van der Waals surface area contributed by atoms with Gasteiger partial charge in [-0.25, -0.2) is 9.59 Å². The zero-order chi connectivity index (χ0) is 19.1. The number of hydrogen-bond acceptors (Lipinski definition) is 4. The molecule has 1 aromatic heterocycles. The molecule has 1 atom stereocenters. The van der Waals surface area contributed by atoms with Crippen LogP contribution in [0.1, 0.15) is 52.9 Å². The third-order valence-electron chi connectivity index (χ3n) is 3.93. The Bertz CT molecular complexity index is 664. The quantitative estimate of drug-likeness (QED) is 0.429. The number of amides is 2. The smallest absolute Gasteiger partial charge is 0.355 e. The van der Waals surface area contributed by atoms with Crippen molar-refractivity contribution >= 4 is 17.8 Å². The molecule has 1 unspecified atom stereocenters. The maximum absolute atomic E-state index is 13.0. The Labute approximate surface area is 148 Å². The lowest BCUT2D eigenvalue weighted by molar-refractivity contribution is 0.0519. The molecule has 0 fully saturated rings. The van der Waals surface area contributed by atoms with Crippen molar-refractivity contribution in [3.63, 3.8) is 0 Å². The van der Waals surface area contributed by atoms with Gasteiger partial charge in [-0.3, -0.25) is 4.79 Å². The van der Waals surface area contributed by atoms with Crippen LogP contribution in [0.4, 0.5) is 4.79 Å². The third kappa shape index (κ3) is 4.49.